The van der Waals surface area contributed by atoms with Gasteiger partial charge >= 0.3 is 5.91 Å². The molecule has 80 valence electrons. The lowest BCUT2D eigenvalue weighted by Crippen LogP contribution is -2.35. The van der Waals surface area contributed by atoms with Gasteiger partial charge in [-0.1, -0.05) is 13.8 Å². The maximum Gasteiger partial charge on any atom is 0.322 e. The quantitative estimate of drug-likeness (QED) is 0.868. The number of hydrogen-bond donors (Lipinski definition) is 1. The number of nitrogens with one attached hydrogen (secondary N) is 1. The summed E-state index contributed by atoms with van der Waals surface area (Å²) in [6.45, 7) is 4.53. The van der Waals surface area contributed by atoms with E-state index in [-0.39, 0.29) is 5.41 Å². The molecular weight excluding hydrogens is 276 g/mol. The van der Waals surface area contributed by atoms with Crippen LogP contribution in [0.4, 0.5) is 0 Å². The van der Waals surface area contributed by atoms with E-state index in [4.69, 9.17) is 5.26 Å². The highest BCUT2D eigenvalue weighted by Crippen LogP contribution is 2.30. The average molecular weight is 287 g/mol. The van der Waals surface area contributed by atoms with Crippen molar-refractivity contribution in [2.24, 2.45) is 0 Å². The number of carbonyl (C=O) groups is 1. The van der Waals surface area contributed by atoms with E-state index < -0.39 is 5.91 Å². The molecule has 0 aliphatic rings. The second-order valence-electron chi connectivity index (χ2n) is 3.81. The third kappa shape index (κ3) is 3.33. The van der Waals surface area contributed by atoms with Crippen molar-refractivity contribution in [2.75, 3.05) is 6.54 Å². The fourth-order valence-electron chi connectivity index (χ4n) is 1.10. The van der Waals surface area contributed by atoms with Crippen molar-refractivity contribution >= 4 is 33.2 Å². The first-order valence-corrected chi connectivity index (χ1v) is 6.05. The van der Waals surface area contributed by atoms with Gasteiger partial charge in [-0.25, -0.2) is 0 Å². The van der Waals surface area contributed by atoms with Gasteiger partial charge in [-0.3, -0.25) is 4.79 Å². The minimum atomic E-state index is -0.585. The number of nitriles is 1. The molecule has 0 saturated carbocycles. The molecule has 0 fully saturated rings. The fraction of sp³-hybridized carbons (Fsp3) is 0.400. The summed E-state index contributed by atoms with van der Waals surface area (Å²) in [5.41, 5.74) is -0.150. The molecule has 0 radical (unpaired) electrons. The molecule has 0 aliphatic carbocycles. The molecule has 1 heterocycles. The summed E-state index contributed by atoms with van der Waals surface area (Å²) in [5, 5.41) is 12.9. The van der Waals surface area contributed by atoms with Gasteiger partial charge in [0.1, 0.15) is 0 Å². The minimum Gasteiger partial charge on any atom is -0.343 e. The molecule has 0 unspecified atom stereocenters. The van der Waals surface area contributed by atoms with Gasteiger partial charge in [0.2, 0.25) is 0 Å². The van der Waals surface area contributed by atoms with E-state index in [0.29, 0.717) is 6.54 Å². The lowest BCUT2D eigenvalue weighted by Gasteiger charge is -2.22. The Labute approximate surface area is 101 Å². The van der Waals surface area contributed by atoms with Crippen LogP contribution in [-0.4, -0.2) is 12.5 Å². The predicted molar refractivity (Wildman–Crippen MR) is 63.7 cm³/mol. The summed E-state index contributed by atoms with van der Waals surface area (Å²) in [6, 6.07) is 3.57. The standard InChI is InChI=1S/C10H11BrN2OS/c1-10(2,6-13-9(14)4-12)8-3-7(11)5-15-8/h3,5H,6H2,1-2H3,(H,13,14). The van der Waals surface area contributed by atoms with E-state index in [9.17, 15) is 4.79 Å². The SMILES string of the molecule is CC(C)(CNC(=O)C#N)c1cc(Br)cs1. The summed E-state index contributed by atoms with van der Waals surface area (Å²) in [6.07, 6.45) is 0. The first-order valence-electron chi connectivity index (χ1n) is 4.38. The van der Waals surface area contributed by atoms with Crippen LogP contribution in [0.15, 0.2) is 15.9 Å². The van der Waals surface area contributed by atoms with E-state index in [1.54, 1.807) is 11.3 Å². The zero-order chi connectivity index (χ0) is 11.5. The monoisotopic (exact) mass is 286 g/mol. The minimum absolute atomic E-state index is 0.150. The van der Waals surface area contributed by atoms with Crippen molar-refractivity contribution < 1.29 is 4.79 Å². The Kier molecular flexibility index (Phi) is 3.89. The summed E-state index contributed by atoms with van der Waals surface area (Å²) < 4.78 is 1.04. The van der Waals surface area contributed by atoms with Gasteiger partial charge in [-0.2, -0.15) is 5.26 Å². The van der Waals surface area contributed by atoms with Gasteiger partial charge in [0.15, 0.2) is 6.07 Å². The molecule has 0 spiro atoms. The number of nitrogens with zero attached hydrogens (tertiary/aromatic N) is 1. The summed E-state index contributed by atoms with van der Waals surface area (Å²) in [4.78, 5) is 12.0. The number of amides is 1. The Morgan fingerprint density at radius 2 is 2.40 bits per heavy atom. The van der Waals surface area contributed by atoms with Crippen molar-refractivity contribution in [3.05, 3.63) is 20.8 Å². The second-order valence-corrected chi connectivity index (χ2v) is 5.63. The van der Waals surface area contributed by atoms with Crippen molar-refractivity contribution in [1.82, 2.24) is 5.32 Å². The zero-order valence-corrected chi connectivity index (χ0v) is 10.9. The largest absolute Gasteiger partial charge is 0.343 e. The Morgan fingerprint density at radius 3 is 2.87 bits per heavy atom. The van der Waals surface area contributed by atoms with Crippen LogP contribution in [0, 0.1) is 11.3 Å². The Morgan fingerprint density at radius 1 is 1.73 bits per heavy atom. The van der Waals surface area contributed by atoms with Crippen LogP contribution < -0.4 is 5.32 Å². The second kappa shape index (κ2) is 4.77. The van der Waals surface area contributed by atoms with Crippen molar-refractivity contribution in [1.29, 1.82) is 5.26 Å². The summed E-state index contributed by atoms with van der Waals surface area (Å²) >= 11 is 5.02. The topological polar surface area (TPSA) is 52.9 Å². The summed E-state index contributed by atoms with van der Waals surface area (Å²) in [5.74, 6) is -0.585. The normalized spacial score (nSPS) is 10.8. The van der Waals surface area contributed by atoms with Crippen LogP contribution >= 0.6 is 27.3 Å². The van der Waals surface area contributed by atoms with Crippen LogP contribution in [0.1, 0.15) is 18.7 Å². The first-order chi connectivity index (χ1) is 6.95. The van der Waals surface area contributed by atoms with Crippen molar-refractivity contribution in [3.8, 4) is 6.07 Å². The molecule has 1 amide bonds. The molecule has 1 aromatic rings. The maximum atomic E-state index is 10.8. The molecule has 1 aromatic heterocycles. The fourth-order valence-corrected chi connectivity index (χ4v) is 2.65. The Bertz CT molecular complexity index is 406. The molecule has 0 saturated heterocycles. The smallest absolute Gasteiger partial charge is 0.322 e. The van der Waals surface area contributed by atoms with Gasteiger partial charge in [0, 0.05) is 26.7 Å². The maximum absolute atomic E-state index is 10.8. The molecule has 15 heavy (non-hydrogen) atoms. The van der Waals surface area contributed by atoms with Crippen LogP contribution in [0.25, 0.3) is 0 Å². The highest BCUT2D eigenvalue weighted by atomic mass is 79.9. The highest BCUT2D eigenvalue weighted by Gasteiger charge is 2.23. The molecule has 0 aliphatic heterocycles. The number of thiophene rings is 1. The molecule has 0 bridgehead atoms. The average Bonchev–Trinajstić information content (AvgIpc) is 2.62. The van der Waals surface area contributed by atoms with Crippen molar-refractivity contribution in [3.63, 3.8) is 0 Å². The van der Waals surface area contributed by atoms with E-state index in [2.05, 4.69) is 21.2 Å². The molecule has 0 aromatic carbocycles. The molecule has 0 atom stereocenters. The third-order valence-corrected chi connectivity index (χ3v) is 4.08. The van der Waals surface area contributed by atoms with Crippen LogP contribution in [0.5, 0.6) is 0 Å². The number of halogens is 1. The Balaban J connectivity index is 2.68. The lowest BCUT2D eigenvalue weighted by molar-refractivity contribution is -0.116. The third-order valence-electron chi connectivity index (χ3n) is 2.03. The molecule has 1 N–H and O–H groups in total. The number of hydrogen-bond acceptors (Lipinski definition) is 3. The summed E-state index contributed by atoms with van der Waals surface area (Å²) in [7, 11) is 0. The first kappa shape index (κ1) is 12.2. The number of carbonyl (C=O) groups excluding carboxylic acids is 1. The number of rotatable bonds is 3. The van der Waals surface area contributed by atoms with E-state index in [0.717, 1.165) is 4.47 Å². The van der Waals surface area contributed by atoms with Gasteiger partial charge in [-0.15, -0.1) is 11.3 Å². The predicted octanol–water partition coefficient (Wildman–Crippen LogP) is 2.43. The zero-order valence-electron chi connectivity index (χ0n) is 8.50. The van der Waals surface area contributed by atoms with Crippen molar-refractivity contribution in [2.45, 2.75) is 19.3 Å². The van der Waals surface area contributed by atoms with Gasteiger partial charge in [0.25, 0.3) is 0 Å². The Hall–Kier alpha value is -0.860. The molecular formula is C10H11BrN2OS. The molecule has 3 nitrogen and oxygen atoms in total. The van der Waals surface area contributed by atoms with Gasteiger partial charge in [-0.05, 0) is 22.0 Å². The molecule has 1 rings (SSSR count). The molecule has 5 heteroatoms. The highest BCUT2D eigenvalue weighted by molar-refractivity contribution is 9.10. The van der Waals surface area contributed by atoms with Gasteiger partial charge < -0.3 is 5.32 Å². The lowest BCUT2D eigenvalue weighted by atomic mass is 9.91. The van der Waals surface area contributed by atoms with Crippen LogP contribution in [0.3, 0.4) is 0 Å². The van der Waals surface area contributed by atoms with E-state index in [1.165, 1.54) is 10.9 Å². The van der Waals surface area contributed by atoms with Crippen LogP contribution in [-0.2, 0) is 10.2 Å². The van der Waals surface area contributed by atoms with Crippen LogP contribution in [0.2, 0.25) is 0 Å². The van der Waals surface area contributed by atoms with E-state index in [1.807, 2.05) is 25.3 Å². The van der Waals surface area contributed by atoms with Gasteiger partial charge in [0.05, 0.1) is 0 Å². The van der Waals surface area contributed by atoms with E-state index >= 15 is 0 Å².